The maximum atomic E-state index is 12.6. The summed E-state index contributed by atoms with van der Waals surface area (Å²) in [7, 11) is 1.43. The van der Waals surface area contributed by atoms with Gasteiger partial charge in [0.1, 0.15) is 6.04 Å². The van der Waals surface area contributed by atoms with Crippen LogP contribution in [-0.4, -0.2) is 90.7 Å². The van der Waals surface area contributed by atoms with Crippen LogP contribution >= 0.6 is 12.4 Å². The van der Waals surface area contributed by atoms with Gasteiger partial charge in [-0.2, -0.15) is 0 Å². The van der Waals surface area contributed by atoms with Crippen LogP contribution in [0.5, 0.6) is 0 Å². The molecule has 3 saturated heterocycles. The lowest BCUT2D eigenvalue weighted by molar-refractivity contribution is -0.146. The standard InChI is InChI=1S/C15H26N4O3.ClH/c1-10(2)18-8-11(6-13(18)14(20)22-3)19-9-12-7-16-4-5-17(12)15(19)21;/h10-13,16H,4-9H2,1-3H3;1H/t11-,12?,13-;/m1./s1. The maximum absolute atomic E-state index is 12.6. The molecule has 2 amide bonds. The van der Waals surface area contributed by atoms with Gasteiger partial charge in [-0.15, -0.1) is 12.4 Å². The number of nitrogens with zero attached hydrogens (tertiary/aromatic N) is 3. The van der Waals surface area contributed by atoms with E-state index in [1.165, 1.54) is 7.11 Å². The van der Waals surface area contributed by atoms with Crippen molar-refractivity contribution < 1.29 is 14.3 Å². The van der Waals surface area contributed by atoms with E-state index in [4.69, 9.17) is 4.74 Å². The third-order valence-corrected chi connectivity index (χ3v) is 5.14. The minimum Gasteiger partial charge on any atom is -0.468 e. The molecule has 1 N–H and O–H groups in total. The Morgan fingerprint density at radius 1 is 1.26 bits per heavy atom. The molecule has 1 unspecified atom stereocenters. The Morgan fingerprint density at radius 2 is 2.00 bits per heavy atom. The number of urea groups is 1. The van der Waals surface area contributed by atoms with E-state index in [0.29, 0.717) is 6.42 Å². The number of ether oxygens (including phenoxy) is 1. The zero-order chi connectivity index (χ0) is 15.9. The number of likely N-dealkylation sites (tertiary alicyclic amines) is 1. The molecule has 3 fully saturated rings. The largest absolute Gasteiger partial charge is 0.468 e. The molecule has 0 saturated carbocycles. The average Bonchev–Trinajstić information content (AvgIpc) is 3.09. The highest BCUT2D eigenvalue weighted by molar-refractivity contribution is 5.85. The number of esters is 1. The zero-order valence-corrected chi connectivity index (χ0v) is 14.8. The van der Waals surface area contributed by atoms with Crippen LogP contribution in [0.3, 0.4) is 0 Å². The highest BCUT2D eigenvalue weighted by Gasteiger charge is 2.47. The van der Waals surface area contributed by atoms with Crippen LogP contribution in [0.25, 0.3) is 0 Å². The maximum Gasteiger partial charge on any atom is 0.323 e. The molecule has 0 spiro atoms. The van der Waals surface area contributed by atoms with Gasteiger partial charge in [-0.3, -0.25) is 9.69 Å². The summed E-state index contributed by atoms with van der Waals surface area (Å²) in [5.41, 5.74) is 0. The number of amides is 2. The monoisotopic (exact) mass is 346 g/mol. The highest BCUT2D eigenvalue weighted by atomic mass is 35.5. The van der Waals surface area contributed by atoms with Gasteiger partial charge < -0.3 is 19.9 Å². The van der Waals surface area contributed by atoms with E-state index < -0.39 is 0 Å². The molecule has 0 aliphatic carbocycles. The SMILES string of the molecule is COC(=O)[C@H]1C[C@@H](N2CC3CNCCN3C2=O)CN1C(C)C.Cl. The number of carbonyl (C=O) groups is 2. The molecular formula is C15H27ClN4O3. The molecule has 0 radical (unpaired) electrons. The fraction of sp³-hybridized carbons (Fsp3) is 0.867. The van der Waals surface area contributed by atoms with Gasteiger partial charge in [-0.25, -0.2) is 4.79 Å². The first-order chi connectivity index (χ1) is 10.5. The van der Waals surface area contributed by atoms with Gasteiger partial charge in [0, 0.05) is 44.8 Å². The third-order valence-electron chi connectivity index (χ3n) is 5.14. The molecule has 3 heterocycles. The van der Waals surface area contributed by atoms with Gasteiger partial charge >= 0.3 is 12.0 Å². The molecule has 3 atom stereocenters. The van der Waals surface area contributed by atoms with Crippen molar-refractivity contribution in [2.45, 2.75) is 44.4 Å². The molecule has 0 bridgehead atoms. The van der Waals surface area contributed by atoms with Crippen molar-refractivity contribution in [2.24, 2.45) is 0 Å². The summed E-state index contributed by atoms with van der Waals surface area (Å²) in [4.78, 5) is 30.8. The van der Waals surface area contributed by atoms with Crippen LogP contribution in [0.2, 0.25) is 0 Å². The van der Waals surface area contributed by atoms with Gasteiger partial charge in [0.25, 0.3) is 0 Å². The second-order valence-electron chi connectivity index (χ2n) is 6.71. The van der Waals surface area contributed by atoms with E-state index in [9.17, 15) is 9.59 Å². The first-order valence-electron chi connectivity index (χ1n) is 8.14. The van der Waals surface area contributed by atoms with Crippen LogP contribution in [-0.2, 0) is 9.53 Å². The Kier molecular flexibility index (Phi) is 5.75. The van der Waals surface area contributed by atoms with Gasteiger partial charge in [0.15, 0.2) is 0 Å². The number of hydrogen-bond donors (Lipinski definition) is 1. The number of methoxy groups -OCH3 is 1. The Hall–Kier alpha value is -1.05. The van der Waals surface area contributed by atoms with Crippen molar-refractivity contribution in [1.82, 2.24) is 20.0 Å². The lowest BCUT2D eigenvalue weighted by Crippen LogP contribution is -2.50. The van der Waals surface area contributed by atoms with E-state index in [0.717, 1.165) is 32.7 Å². The van der Waals surface area contributed by atoms with Crippen LogP contribution in [0.1, 0.15) is 20.3 Å². The molecule has 0 aromatic carbocycles. The fourth-order valence-corrected chi connectivity index (χ4v) is 3.95. The summed E-state index contributed by atoms with van der Waals surface area (Å²) >= 11 is 0. The Morgan fingerprint density at radius 3 is 2.61 bits per heavy atom. The number of carbonyl (C=O) groups excluding carboxylic acids is 2. The summed E-state index contributed by atoms with van der Waals surface area (Å²) in [6.45, 7) is 8.18. The summed E-state index contributed by atoms with van der Waals surface area (Å²) < 4.78 is 4.94. The summed E-state index contributed by atoms with van der Waals surface area (Å²) in [5, 5.41) is 3.35. The van der Waals surface area contributed by atoms with E-state index in [1.54, 1.807) is 0 Å². The van der Waals surface area contributed by atoms with Crippen molar-refractivity contribution in [3.05, 3.63) is 0 Å². The second kappa shape index (κ2) is 7.23. The van der Waals surface area contributed by atoms with E-state index in [2.05, 4.69) is 24.1 Å². The molecule has 3 aliphatic heterocycles. The summed E-state index contributed by atoms with van der Waals surface area (Å²) in [6.07, 6.45) is 0.671. The van der Waals surface area contributed by atoms with Crippen LogP contribution in [0.4, 0.5) is 4.79 Å². The molecule has 7 nitrogen and oxygen atoms in total. The van der Waals surface area contributed by atoms with E-state index in [-0.39, 0.29) is 48.6 Å². The quantitative estimate of drug-likeness (QED) is 0.737. The smallest absolute Gasteiger partial charge is 0.323 e. The zero-order valence-electron chi connectivity index (χ0n) is 14.0. The van der Waals surface area contributed by atoms with E-state index >= 15 is 0 Å². The predicted molar refractivity (Wildman–Crippen MR) is 88.8 cm³/mol. The Bertz CT molecular complexity index is 462. The number of rotatable bonds is 3. The van der Waals surface area contributed by atoms with Gasteiger partial charge in [0.2, 0.25) is 0 Å². The average molecular weight is 347 g/mol. The molecular weight excluding hydrogens is 320 g/mol. The molecule has 132 valence electrons. The van der Waals surface area contributed by atoms with Crippen molar-refractivity contribution in [2.75, 3.05) is 39.8 Å². The second-order valence-corrected chi connectivity index (χ2v) is 6.71. The summed E-state index contributed by atoms with van der Waals surface area (Å²) in [6, 6.07) is 0.524. The first kappa shape index (κ1) is 18.3. The Balaban J connectivity index is 0.00000192. The predicted octanol–water partition coefficient (Wildman–Crippen LogP) is 0.142. The fourth-order valence-electron chi connectivity index (χ4n) is 3.95. The van der Waals surface area contributed by atoms with Gasteiger partial charge in [-0.05, 0) is 20.3 Å². The minimum atomic E-state index is -0.237. The number of hydrogen-bond acceptors (Lipinski definition) is 5. The lowest BCUT2D eigenvalue weighted by atomic mass is 10.1. The van der Waals surface area contributed by atoms with Gasteiger partial charge in [0.05, 0.1) is 13.2 Å². The topological polar surface area (TPSA) is 65.1 Å². The third kappa shape index (κ3) is 3.27. The number of nitrogens with one attached hydrogen (secondary N) is 1. The molecule has 3 aliphatic rings. The molecule has 23 heavy (non-hydrogen) atoms. The van der Waals surface area contributed by atoms with Crippen molar-refractivity contribution in [3.63, 3.8) is 0 Å². The van der Waals surface area contributed by atoms with Crippen molar-refractivity contribution in [1.29, 1.82) is 0 Å². The minimum absolute atomic E-state index is 0. The Labute approximate surface area is 143 Å². The molecule has 8 heteroatoms. The normalized spacial score (nSPS) is 31.3. The van der Waals surface area contributed by atoms with Crippen LogP contribution < -0.4 is 5.32 Å². The number of fused-ring (bicyclic) bond motifs is 1. The summed E-state index contributed by atoms with van der Waals surface area (Å²) in [5.74, 6) is -0.192. The van der Waals surface area contributed by atoms with Crippen molar-refractivity contribution >= 4 is 24.4 Å². The highest BCUT2D eigenvalue weighted by Crippen LogP contribution is 2.29. The number of piperazine rings is 1. The molecule has 3 rings (SSSR count). The van der Waals surface area contributed by atoms with Crippen molar-refractivity contribution in [3.8, 4) is 0 Å². The number of halogens is 1. The van der Waals surface area contributed by atoms with Gasteiger partial charge in [-0.1, -0.05) is 0 Å². The van der Waals surface area contributed by atoms with Crippen LogP contribution in [0.15, 0.2) is 0 Å². The van der Waals surface area contributed by atoms with E-state index in [1.807, 2.05) is 9.80 Å². The molecule has 0 aromatic rings. The molecule has 0 aromatic heterocycles. The lowest BCUT2D eigenvalue weighted by Gasteiger charge is -2.28. The van der Waals surface area contributed by atoms with Crippen LogP contribution in [0, 0.1) is 0 Å². The first-order valence-corrected chi connectivity index (χ1v) is 8.14.